The Hall–Kier alpha value is -1.92. The fourth-order valence-electron chi connectivity index (χ4n) is 2.79. The fourth-order valence-corrected chi connectivity index (χ4v) is 2.79. The fraction of sp³-hybridized carbons (Fsp3) is 0.429. The summed E-state index contributed by atoms with van der Waals surface area (Å²) in [4.78, 5) is 13.7. The molecule has 2 heterocycles. The number of fused-ring (bicyclic) bond motifs is 1. The van der Waals surface area contributed by atoms with Crippen molar-refractivity contribution < 1.29 is 9.53 Å². The summed E-state index contributed by atoms with van der Waals surface area (Å²) >= 11 is 0. The molecule has 1 fully saturated rings. The van der Waals surface area contributed by atoms with Crippen molar-refractivity contribution in [2.45, 2.75) is 25.6 Å². The van der Waals surface area contributed by atoms with Crippen LogP contribution in [0.5, 0.6) is 0 Å². The zero-order valence-electron chi connectivity index (χ0n) is 11.4. The number of nitrogens with one attached hydrogen (secondary N) is 1. The summed E-state index contributed by atoms with van der Waals surface area (Å²) in [5, 5.41) is 8.05. The molecule has 1 aromatic carbocycles. The zero-order chi connectivity index (χ0) is 14.1. The Morgan fingerprint density at radius 3 is 3.25 bits per heavy atom. The Bertz CT molecular complexity index is 624. The number of primary amides is 1. The second-order valence-corrected chi connectivity index (χ2v) is 5.19. The van der Waals surface area contributed by atoms with E-state index < -0.39 is 0 Å². The number of aromatic amines is 1. The number of morpholine rings is 1. The van der Waals surface area contributed by atoms with Gasteiger partial charge in [0.2, 0.25) is 5.91 Å². The van der Waals surface area contributed by atoms with Crippen LogP contribution in [0.2, 0.25) is 0 Å². The topological polar surface area (TPSA) is 84.2 Å². The summed E-state index contributed by atoms with van der Waals surface area (Å²) < 4.78 is 5.52. The van der Waals surface area contributed by atoms with E-state index in [1.54, 1.807) is 6.20 Å². The lowest BCUT2D eigenvalue weighted by Gasteiger charge is -2.37. The average molecular weight is 274 g/mol. The maximum absolute atomic E-state index is 11.6. The van der Waals surface area contributed by atoms with Crippen LogP contribution in [0.15, 0.2) is 24.4 Å². The van der Waals surface area contributed by atoms with Gasteiger partial charge in [-0.1, -0.05) is 12.1 Å². The Balaban J connectivity index is 1.82. The monoisotopic (exact) mass is 274 g/mol. The second-order valence-electron chi connectivity index (χ2n) is 5.19. The van der Waals surface area contributed by atoms with Gasteiger partial charge in [-0.15, -0.1) is 0 Å². The number of nitrogens with zero attached hydrogens (tertiary/aromatic N) is 2. The van der Waals surface area contributed by atoms with Gasteiger partial charge in [-0.25, -0.2) is 0 Å². The third-order valence-electron chi connectivity index (χ3n) is 3.78. The van der Waals surface area contributed by atoms with Crippen LogP contribution < -0.4 is 5.73 Å². The molecule has 20 heavy (non-hydrogen) atoms. The first-order valence-electron chi connectivity index (χ1n) is 6.72. The number of hydrogen-bond acceptors (Lipinski definition) is 4. The zero-order valence-corrected chi connectivity index (χ0v) is 11.4. The molecule has 0 radical (unpaired) electrons. The van der Waals surface area contributed by atoms with E-state index in [1.165, 1.54) is 0 Å². The highest BCUT2D eigenvalue weighted by Gasteiger charge is 2.33. The van der Waals surface area contributed by atoms with E-state index in [1.807, 2.05) is 13.0 Å². The van der Waals surface area contributed by atoms with Gasteiger partial charge in [0.1, 0.15) is 6.04 Å². The first-order valence-corrected chi connectivity index (χ1v) is 6.72. The molecule has 0 saturated carbocycles. The minimum atomic E-state index is -0.374. The molecule has 0 unspecified atom stereocenters. The molecule has 0 spiro atoms. The lowest BCUT2D eigenvalue weighted by atomic mass is 10.1. The third kappa shape index (κ3) is 2.39. The quantitative estimate of drug-likeness (QED) is 0.860. The summed E-state index contributed by atoms with van der Waals surface area (Å²) in [7, 11) is 0. The molecule has 2 aromatic rings. The first kappa shape index (κ1) is 13.1. The van der Waals surface area contributed by atoms with Crippen LogP contribution in [-0.2, 0) is 16.1 Å². The number of hydrogen-bond donors (Lipinski definition) is 2. The van der Waals surface area contributed by atoms with Gasteiger partial charge in [0.15, 0.2) is 0 Å². The molecule has 6 heteroatoms. The van der Waals surface area contributed by atoms with Crippen LogP contribution in [0.3, 0.4) is 0 Å². The minimum absolute atomic E-state index is 0.169. The van der Waals surface area contributed by atoms with E-state index in [0.717, 1.165) is 16.5 Å². The summed E-state index contributed by atoms with van der Waals surface area (Å²) in [5.74, 6) is -0.334. The average Bonchev–Trinajstić information content (AvgIpc) is 2.85. The van der Waals surface area contributed by atoms with Crippen molar-refractivity contribution in [3.05, 3.63) is 30.0 Å². The molecule has 1 aliphatic heterocycles. The summed E-state index contributed by atoms with van der Waals surface area (Å²) in [6, 6.07) is 5.76. The predicted molar refractivity (Wildman–Crippen MR) is 74.9 cm³/mol. The number of carbonyl (C=O) groups is 1. The number of ether oxygens (including phenoxy) is 1. The van der Waals surface area contributed by atoms with E-state index in [-0.39, 0.29) is 18.1 Å². The Morgan fingerprint density at radius 2 is 2.45 bits per heavy atom. The highest BCUT2D eigenvalue weighted by atomic mass is 16.5. The molecule has 1 amide bonds. The predicted octanol–water partition coefficient (Wildman–Crippen LogP) is 0.637. The van der Waals surface area contributed by atoms with Crippen LogP contribution in [0.25, 0.3) is 10.9 Å². The van der Waals surface area contributed by atoms with Crippen LogP contribution in [-0.4, -0.2) is 46.3 Å². The Kier molecular flexibility index (Phi) is 3.42. The van der Waals surface area contributed by atoms with Crippen LogP contribution >= 0.6 is 0 Å². The number of carbonyl (C=O) groups excluding carboxylic acids is 1. The summed E-state index contributed by atoms with van der Waals surface area (Å²) in [6.07, 6.45) is 1.62. The van der Waals surface area contributed by atoms with E-state index in [0.29, 0.717) is 19.7 Å². The van der Waals surface area contributed by atoms with Crippen molar-refractivity contribution >= 4 is 16.8 Å². The largest absolute Gasteiger partial charge is 0.375 e. The smallest absolute Gasteiger partial charge is 0.237 e. The van der Waals surface area contributed by atoms with Crippen LogP contribution in [0.4, 0.5) is 0 Å². The summed E-state index contributed by atoms with van der Waals surface area (Å²) in [6.45, 7) is 3.89. The highest BCUT2D eigenvalue weighted by Crippen LogP contribution is 2.19. The number of aromatic nitrogens is 2. The normalized spacial score (nSPS) is 24.1. The van der Waals surface area contributed by atoms with E-state index in [9.17, 15) is 4.79 Å². The molecular weight excluding hydrogens is 256 g/mol. The van der Waals surface area contributed by atoms with Crippen LogP contribution in [0, 0.1) is 0 Å². The van der Waals surface area contributed by atoms with Gasteiger partial charge in [-0.05, 0) is 18.6 Å². The summed E-state index contributed by atoms with van der Waals surface area (Å²) in [5.41, 5.74) is 7.63. The molecule has 106 valence electrons. The van der Waals surface area contributed by atoms with Gasteiger partial charge < -0.3 is 10.5 Å². The molecule has 2 atom stereocenters. The highest BCUT2D eigenvalue weighted by molar-refractivity contribution is 5.81. The molecule has 3 rings (SSSR count). The lowest BCUT2D eigenvalue weighted by Crippen LogP contribution is -2.56. The van der Waals surface area contributed by atoms with Crippen LogP contribution in [0.1, 0.15) is 12.5 Å². The minimum Gasteiger partial charge on any atom is -0.375 e. The molecular formula is C14H18N4O2. The number of benzene rings is 1. The van der Waals surface area contributed by atoms with E-state index in [2.05, 4.69) is 27.2 Å². The molecule has 1 saturated heterocycles. The van der Waals surface area contributed by atoms with Crippen molar-refractivity contribution in [2.24, 2.45) is 5.73 Å². The Labute approximate surface area is 116 Å². The van der Waals surface area contributed by atoms with Gasteiger partial charge in [-0.2, -0.15) is 5.10 Å². The number of nitrogens with two attached hydrogens (primary N) is 1. The number of H-pyrrole nitrogens is 1. The molecule has 3 N–H and O–H groups in total. The Morgan fingerprint density at radius 1 is 1.60 bits per heavy atom. The lowest BCUT2D eigenvalue weighted by molar-refractivity contribution is -0.136. The SMILES string of the molecule is C[C@H]1OCCN(Cc2ccc3cn[nH]c3c2)[C@@H]1C(N)=O. The number of amides is 1. The maximum Gasteiger partial charge on any atom is 0.237 e. The maximum atomic E-state index is 11.6. The standard InChI is InChI=1S/C14H18N4O2/c1-9-13(14(15)19)18(4-5-20-9)8-10-2-3-11-7-16-17-12(11)6-10/h2-3,6-7,9,13H,4-5,8H2,1H3,(H2,15,19)(H,16,17)/t9-,13+/m1/s1. The first-order chi connectivity index (χ1) is 9.65. The van der Waals surface area contributed by atoms with Gasteiger partial charge in [0.25, 0.3) is 0 Å². The van der Waals surface area contributed by atoms with Gasteiger partial charge in [-0.3, -0.25) is 14.8 Å². The van der Waals surface area contributed by atoms with Crippen molar-refractivity contribution in [1.29, 1.82) is 0 Å². The third-order valence-corrected chi connectivity index (χ3v) is 3.78. The molecule has 0 bridgehead atoms. The second kappa shape index (κ2) is 5.22. The van der Waals surface area contributed by atoms with Gasteiger partial charge in [0.05, 0.1) is 24.4 Å². The molecule has 1 aliphatic rings. The van der Waals surface area contributed by atoms with Crippen molar-refractivity contribution in [1.82, 2.24) is 15.1 Å². The van der Waals surface area contributed by atoms with Crippen molar-refractivity contribution in [3.63, 3.8) is 0 Å². The van der Waals surface area contributed by atoms with E-state index in [4.69, 9.17) is 10.5 Å². The van der Waals surface area contributed by atoms with E-state index >= 15 is 0 Å². The van der Waals surface area contributed by atoms with Crippen molar-refractivity contribution in [2.75, 3.05) is 13.2 Å². The molecule has 6 nitrogen and oxygen atoms in total. The van der Waals surface area contributed by atoms with Gasteiger partial charge >= 0.3 is 0 Å². The van der Waals surface area contributed by atoms with Crippen molar-refractivity contribution in [3.8, 4) is 0 Å². The molecule has 1 aromatic heterocycles. The van der Waals surface area contributed by atoms with Gasteiger partial charge in [0, 0.05) is 18.5 Å². The number of rotatable bonds is 3. The molecule has 0 aliphatic carbocycles.